The largest absolute Gasteiger partial charge is 0.461 e. The van der Waals surface area contributed by atoms with E-state index in [9.17, 15) is 9.18 Å². The quantitative estimate of drug-likeness (QED) is 0.741. The van der Waals surface area contributed by atoms with Gasteiger partial charge in [-0.1, -0.05) is 0 Å². The first-order chi connectivity index (χ1) is 8.00. The van der Waals surface area contributed by atoms with Crippen molar-refractivity contribution in [3.8, 4) is 0 Å². The first-order valence-electron chi connectivity index (χ1n) is 5.36. The molecule has 88 valence electrons. The van der Waals surface area contributed by atoms with Crippen molar-refractivity contribution in [3.63, 3.8) is 0 Å². The maximum Gasteiger partial charge on any atom is 0.228 e. The molecular weight excluding hydrogens is 219 g/mol. The van der Waals surface area contributed by atoms with Gasteiger partial charge in [0.05, 0.1) is 6.26 Å². The van der Waals surface area contributed by atoms with Crippen LogP contribution in [0.3, 0.4) is 0 Å². The minimum absolute atomic E-state index is 0.210. The maximum atomic E-state index is 13.5. The number of hydrogen-bond donors (Lipinski definition) is 0. The molecule has 0 unspecified atom stereocenters. The third kappa shape index (κ3) is 2.00. The molecule has 0 spiro atoms. The summed E-state index contributed by atoms with van der Waals surface area (Å²) in [6, 6.07) is 4.83. The maximum absolute atomic E-state index is 13.5. The molecule has 17 heavy (non-hydrogen) atoms. The van der Waals surface area contributed by atoms with Crippen LogP contribution in [0.25, 0.3) is 0 Å². The molecule has 1 aromatic heterocycles. The Labute approximate surface area is 99.1 Å². The molecule has 1 aromatic carbocycles. The highest BCUT2D eigenvalue weighted by Crippen LogP contribution is 2.19. The lowest BCUT2D eigenvalue weighted by Crippen LogP contribution is -2.04. The Balaban J connectivity index is 2.49. The van der Waals surface area contributed by atoms with Gasteiger partial charge in [-0.3, -0.25) is 4.79 Å². The Hall–Kier alpha value is -1.90. The number of aryl methyl sites for hydroxylation is 3. The molecule has 0 bridgehead atoms. The summed E-state index contributed by atoms with van der Waals surface area (Å²) in [6.07, 6.45) is 1.48. The van der Waals surface area contributed by atoms with Crippen molar-refractivity contribution >= 4 is 5.78 Å². The van der Waals surface area contributed by atoms with Crippen molar-refractivity contribution in [1.29, 1.82) is 0 Å². The average Bonchev–Trinajstić information content (AvgIpc) is 2.70. The van der Waals surface area contributed by atoms with Crippen LogP contribution in [-0.2, 0) is 0 Å². The molecule has 0 aliphatic carbocycles. The Morgan fingerprint density at radius 1 is 1.12 bits per heavy atom. The van der Waals surface area contributed by atoms with Crippen molar-refractivity contribution in [2.45, 2.75) is 20.8 Å². The number of carbonyl (C=O) groups excluding carboxylic acids is 1. The van der Waals surface area contributed by atoms with E-state index in [1.54, 1.807) is 39.0 Å². The van der Waals surface area contributed by atoms with Gasteiger partial charge in [0.1, 0.15) is 5.82 Å². The minimum Gasteiger partial charge on any atom is -0.461 e. The molecule has 2 aromatic rings. The van der Waals surface area contributed by atoms with Gasteiger partial charge in [-0.2, -0.15) is 0 Å². The Bertz CT molecular complexity index is 559. The van der Waals surface area contributed by atoms with Crippen molar-refractivity contribution in [1.82, 2.24) is 0 Å². The van der Waals surface area contributed by atoms with E-state index < -0.39 is 0 Å². The molecule has 0 N–H and O–H groups in total. The van der Waals surface area contributed by atoms with Crippen LogP contribution in [0, 0.1) is 26.6 Å². The first kappa shape index (κ1) is 11.6. The highest BCUT2D eigenvalue weighted by molar-refractivity contribution is 6.08. The molecule has 0 aliphatic rings. The van der Waals surface area contributed by atoms with Crippen LogP contribution >= 0.6 is 0 Å². The fourth-order valence-corrected chi connectivity index (χ4v) is 1.81. The summed E-state index contributed by atoms with van der Waals surface area (Å²) < 4.78 is 18.6. The summed E-state index contributed by atoms with van der Waals surface area (Å²) in [5, 5.41) is 0. The summed E-state index contributed by atoms with van der Waals surface area (Å²) in [4.78, 5) is 12.1. The molecule has 2 nitrogen and oxygen atoms in total. The number of hydrogen-bond acceptors (Lipinski definition) is 2. The van der Waals surface area contributed by atoms with Gasteiger partial charge < -0.3 is 4.42 Å². The SMILES string of the molecule is Cc1ccoc1C(=O)c1cc(C)c(F)c(C)c1. The fourth-order valence-electron chi connectivity index (χ4n) is 1.81. The van der Waals surface area contributed by atoms with Gasteiger partial charge in [0, 0.05) is 5.56 Å². The van der Waals surface area contributed by atoms with E-state index in [1.165, 1.54) is 6.26 Å². The van der Waals surface area contributed by atoms with E-state index in [0.29, 0.717) is 22.5 Å². The zero-order valence-corrected chi connectivity index (χ0v) is 10.0. The van der Waals surface area contributed by atoms with Gasteiger partial charge >= 0.3 is 0 Å². The average molecular weight is 232 g/mol. The zero-order chi connectivity index (χ0) is 12.6. The zero-order valence-electron chi connectivity index (χ0n) is 10.0. The van der Waals surface area contributed by atoms with E-state index in [4.69, 9.17) is 4.42 Å². The minimum atomic E-state index is -0.266. The van der Waals surface area contributed by atoms with Gasteiger partial charge in [-0.15, -0.1) is 0 Å². The lowest BCUT2D eigenvalue weighted by Gasteiger charge is -2.05. The van der Waals surface area contributed by atoms with E-state index in [2.05, 4.69) is 0 Å². The smallest absolute Gasteiger partial charge is 0.228 e. The van der Waals surface area contributed by atoms with Crippen LogP contribution < -0.4 is 0 Å². The molecule has 3 heteroatoms. The number of benzene rings is 1. The third-order valence-corrected chi connectivity index (χ3v) is 2.77. The molecule has 0 radical (unpaired) electrons. The molecular formula is C14H13FO2. The lowest BCUT2D eigenvalue weighted by atomic mass is 10.0. The van der Waals surface area contributed by atoms with Gasteiger partial charge in [0.2, 0.25) is 5.78 Å². The number of rotatable bonds is 2. The predicted molar refractivity (Wildman–Crippen MR) is 62.8 cm³/mol. The predicted octanol–water partition coefficient (Wildman–Crippen LogP) is 3.57. The number of ketones is 1. The van der Waals surface area contributed by atoms with Crippen LogP contribution in [-0.4, -0.2) is 5.78 Å². The standard InChI is InChI=1S/C14H13FO2/c1-8-4-5-17-14(8)13(16)11-6-9(2)12(15)10(3)7-11/h4-7H,1-3H3. The van der Waals surface area contributed by atoms with Crippen molar-refractivity contribution in [2.24, 2.45) is 0 Å². The van der Waals surface area contributed by atoms with Crippen molar-refractivity contribution in [2.75, 3.05) is 0 Å². The molecule has 0 amide bonds. The van der Waals surface area contributed by atoms with Crippen LogP contribution in [0.1, 0.15) is 32.8 Å². The third-order valence-electron chi connectivity index (χ3n) is 2.77. The van der Waals surface area contributed by atoms with Crippen LogP contribution in [0.2, 0.25) is 0 Å². The Morgan fingerprint density at radius 2 is 1.71 bits per heavy atom. The highest BCUT2D eigenvalue weighted by Gasteiger charge is 2.17. The molecule has 0 fully saturated rings. The second-order valence-corrected chi connectivity index (χ2v) is 4.19. The van der Waals surface area contributed by atoms with Gasteiger partial charge in [0.15, 0.2) is 5.76 Å². The summed E-state index contributed by atoms with van der Waals surface area (Å²) in [6.45, 7) is 5.10. The van der Waals surface area contributed by atoms with Gasteiger partial charge in [-0.05, 0) is 55.7 Å². The van der Waals surface area contributed by atoms with E-state index >= 15 is 0 Å². The van der Waals surface area contributed by atoms with Crippen LogP contribution in [0.4, 0.5) is 4.39 Å². The Kier molecular flexibility index (Phi) is 2.84. The second-order valence-electron chi connectivity index (χ2n) is 4.19. The van der Waals surface area contributed by atoms with E-state index in [0.717, 1.165) is 5.56 Å². The second kappa shape index (κ2) is 4.17. The summed E-state index contributed by atoms with van der Waals surface area (Å²) >= 11 is 0. The number of carbonyl (C=O) groups is 1. The monoisotopic (exact) mass is 232 g/mol. The molecule has 1 heterocycles. The normalized spacial score (nSPS) is 10.6. The molecule has 0 saturated heterocycles. The topological polar surface area (TPSA) is 30.2 Å². The first-order valence-corrected chi connectivity index (χ1v) is 5.36. The van der Waals surface area contributed by atoms with Crippen molar-refractivity contribution in [3.05, 3.63) is 58.3 Å². The molecule has 0 aliphatic heterocycles. The van der Waals surface area contributed by atoms with Crippen LogP contribution in [0.5, 0.6) is 0 Å². The highest BCUT2D eigenvalue weighted by atomic mass is 19.1. The van der Waals surface area contributed by atoms with Gasteiger partial charge in [0.25, 0.3) is 0 Å². The van der Waals surface area contributed by atoms with Gasteiger partial charge in [-0.25, -0.2) is 4.39 Å². The number of halogens is 1. The molecule has 0 atom stereocenters. The van der Waals surface area contributed by atoms with E-state index in [1.807, 2.05) is 0 Å². The summed E-state index contributed by atoms with van der Waals surface area (Å²) in [5.74, 6) is -0.160. The number of furan rings is 1. The summed E-state index contributed by atoms with van der Waals surface area (Å²) in [5.41, 5.74) is 2.18. The van der Waals surface area contributed by atoms with E-state index in [-0.39, 0.29) is 11.6 Å². The lowest BCUT2D eigenvalue weighted by molar-refractivity contribution is 0.101. The molecule has 0 saturated carbocycles. The fraction of sp³-hybridized carbons (Fsp3) is 0.214. The molecule has 2 rings (SSSR count). The van der Waals surface area contributed by atoms with Crippen LogP contribution in [0.15, 0.2) is 28.9 Å². The Morgan fingerprint density at radius 3 is 2.18 bits per heavy atom. The summed E-state index contributed by atoms with van der Waals surface area (Å²) in [7, 11) is 0. The van der Waals surface area contributed by atoms with Crippen molar-refractivity contribution < 1.29 is 13.6 Å².